The Hall–Kier alpha value is -2.75. The van der Waals surface area contributed by atoms with Gasteiger partial charge in [0.05, 0.1) is 7.11 Å². The number of para-hydroxylation sites is 1. The predicted octanol–water partition coefficient (Wildman–Crippen LogP) is 4.40. The number of carbonyl (C=O) groups excluding carboxylic acids is 1. The van der Waals surface area contributed by atoms with Crippen molar-refractivity contribution in [3.05, 3.63) is 65.2 Å². The molecule has 1 amide bonds. The average Bonchev–Trinajstić information content (AvgIpc) is 2.69. The van der Waals surface area contributed by atoms with Crippen LogP contribution in [0.15, 0.2) is 48.5 Å². The maximum atomic E-state index is 12.5. The summed E-state index contributed by atoms with van der Waals surface area (Å²) in [7, 11) is 1.63. The first-order chi connectivity index (χ1) is 13.1. The molecule has 1 aliphatic heterocycles. The topological polar surface area (TPSA) is 38.8 Å². The molecule has 1 heterocycles. The molecular weight excluding hydrogens is 338 g/mol. The largest absolute Gasteiger partial charge is 0.496 e. The monoisotopic (exact) mass is 365 g/mol. The fourth-order valence-electron chi connectivity index (χ4n) is 3.28. The number of benzene rings is 2. The van der Waals surface area contributed by atoms with Crippen molar-refractivity contribution < 1.29 is 14.3 Å². The van der Waals surface area contributed by atoms with E-state index in [9.17, 15) is 4.79 Å². The number of aryl methyl sites for hydroxylation is 2. The van der Waals surface area contributed by atoms with Gasteiger partial charge < -0.3 is 14.4 Å². The third kappa shape index (κ3) is 4.91. The minimum absolute atomic E-state index is 0.0334. The Morgan fingerprint density at radius 2 is 1.81 bits per heavy atom. The molecule has 0 N–H and O–H groups in total. The van der Waals surface area contributed by atoms with Crippen molar-refractivity contribution >= 4 is 12.0 Å². The molecule has 0 radical (unpaired) electrons. The lowest BCUT2D eigenvalue weighted by molar-refractivity contribution is -0.127. The van der Waals surface area contributed by atoms with Crippen molar-refractivity contribution in [3.8, 4) is 11.5 Å². The molecule has 27 heavy (non-hydrogen) atoms. The maximum absolute atomic E-state index is 12.5. The number of carbonyl (C=O) groups is 1. The molecule has 1 fully saturated rings. The Bertz CT molecular complexity index is 820. The van der Waals surface area contributed by atoms with Gasteiger partial charge >= 0.3 is 0 Å². The Labute approximate surface area is 161 Å². The Kier molecular flexibility index (Phi) is 6.17. The summed E-state index contributed by atoms with van der Waals surface area (Å²) in [4.78, 5) is 14.4. The molecule has 0 bridgehead atoms. The number of ether oxygens (including phenoxy) is 2. The summed E-state index contributed by atoms with van der Waals surface area (Å²) in [5.74, 6) is 1.75. The van der Waals surface area contributed by atoms with Gasteiger partial charge in [-0.2, -0.15) is 0 Å². The van der Waals surface area contributed by atoms with Gasteiger partial charge in [0.25, 0.3) is 0 Å². The molecule has 0 aliphatic carbocycles. The summed E-state index contributed by atoms with van der Waals surface area (Å²) in [6.07, 6.45) is 5.31. The first kappa shape index (κ1) is 19.0. The lowest BCUT2D eigenvalue weighted by Crippen LogP contribution is -2.41. The summed E-state index contributed by atoms with van der Waals surface area (Å²) in [6.45, 7) is 5.56. The first-order valence-corrected chi connectivity index (χ1v) is 9.40. The zero-order valence-electron chi connectivity index (χ0n) is 16.3. The predicted molar refractivity (Wildman–Crippen MR) is 108 cm³/mol. The number of piperidine rings is 1. The van der Waals surface area contributed by atoms with Crippen LogP contribution < -0.4 is 9.47 Å². The molecule has 4 heteroatoms. The third-order valence-corrected chi connectivity index (χ3v) is 4.94. The third-order valence-electron chi connectivity index (χ3n) is 4.94. The van der Waals surface area contributed by atoms with Gasteiger partial charge in [-0.3, -0.25) is 4.79 Å². The second kappa shape index (κ2) is 8.76. The quantitative estimate of drug-likeness (QED) is 0.738. The van der Waals surface area contributed by atoms with Gasteiger partial charge in [0.2, 0.25) is 5.91 Å². The van der Waals surface area contributed by atoms with E-state index in [0.29, 0.717) is 13.1 Å². The van der Waals surface area contributed by atoms with Crippen LogP contribution in [0.25, 0.3) is 6.08 Å². The van der Waals surface area contributed by atoms with E-state index in [1.54, 1.807) is 13.2 Å². The van der Waals surface area contributed by atoms with Gasteiger partial charge in [-0.1, -0.05) is 30.3 Å². The van der Waals surface area contributed by atoms with Crippen LogP contribution in [0.5, 0.6) is 11.5 Å². The molecule has 0 aromatic heterocycles. The number of hydrogen-bond donors (Lipinski definition) is 0. The van der Waals surface area contributed by atoms with E-state index in [-0.39, 0.29) is 12.0 Å². The van der Waals surface area contributed by atoms with Crippen molar-refractivity contribution in [3.63, 3.8) is 0 Å². The highest BCUT2D eigenvalue weighted by atomic mass is 16.5. The lowest BCUT2D eigenvalue weighted by Gasteiger charge is -2.32. The maximum Gasteiger partial charge on any atom is 0.246 e. The second-order valence-corrected chi connectivity index (χ2v) is 6.99. The van der Waals surface area contributed by atoms with Crippen LogP contribution in [0.2, 0.25) is 0 Å². The Morgan fingerprint density at radius 3 is 2.56 bits per heavy atom. The highest BCUT2D eigenvalue weighted by Gasteiger charge is 2.23. The van der Waals surface area contributed by atoms with Gasteiger partial charge in [-0.25, -0.2) is 0 Å². The van der Waals surface area contributed by atoms with E-state index in [4.69, 9.17) is 9.47 Å². The van der Waals surface area contributed by atoms with E-state index >= 15 is 0 Å². The van der Waals surface area contributed by atoms with Crippen LogP contribution in [0.1, 0.15) is 29.5 Å². The molecule has 1 saturated heterocycles. The van der Waals surface area contributed by atoms with Crippen LogP contribution in [-0.2, 0) is 4.79 Å². The molecule has 142 valence electrons. The fourth-order valence-corrected chi connectivity index (χ4v) is 3.28. The molecule has 4 nitrogen and oxygen atoms in total. The highest BCUT2D eigenvalue weighted by molar-refractivity contribution is 5.92. The smallest absolute Gasteiger partial charge is 0.246 e. The number of likely N-dealkylation sites (tertiary alicyclic amines) is 1. The molecular formula is C23H27NO3. The van der Waals surface area contributed by atoms with E-state index in [1.165, 1.54) is 5.56 Å². The summed E-state index contributed by atoms with van der Waals surface area (Å²) >= 11 is 0. The minimum atomic E-state index is 0.0334. The van der Waals surface area contributed by atoms with Crippen molar-refractivity contribution in [2.75, 3.05) is 20.2 Å². The molecule has 0 spiro atoms. The standard InChI is InChI=1S/C23H27NO3/c1-17-8-9-18(2)22(16-17)27-20-12-14-24(15-13-20)23(25)11-10-19-6-4-5-7-21(19)26-3/h4-11,16,20H,12-15H2,1-3H3. The molecule has 0 atom stereocenters. The Morgan fingerprint density at radius 1 is 1.07 bits per heavy atom. The number of hydrogen-bond acceptors (Lipinski definition) is 3. The van der Waals surface area contributed by atoms with Gasteiger partial charge in [-0.15, -0.1) is 0 Å². The molecule has 2 aromatic carbocycles. The SMILES string of the molecule is COc1ccccc1C=CC(=O)N1CCC(Oc2cc(C)ccc2C)CC1. The summed E-state index contributed by atoms with van der Waals surface area (Å²) in [6, 6.07) is 13.9. The van der Waals surface area contributed by atoms with E-state index in [2.05, 4.69) is 32.0 Å². The molecule has 3 rings (SSSR count). The van der Waals surface area contributed by atoms with E-state index < -0.39 is 0 Å². The van der Waals surface area contributed by atoms with Crippen LogP contribution >= 0.6 is 0 Å². The number of nitrogens with zero attached hydrogens (tertiary/aromatic N) is 1. The van der Waals surface area contributed by atoms with Crippen LogP contribution in [0.3, 0.4) is 0 Å². The normalized spacial score (nSPS) is 15.1. The number of rotatable bonds is 5. The van der Waals surface area contributed by atoms with Crippen molar-refractivity contribution in [2.24, 2.45) is 0 Å². The highest BCUT2D eigenvalue weighted by Crippen LogP contribution is 2.24. The summed E-state index contributed by atoms with van der Waals surface area (Å²) < 4.78 is 11.5. The first-order valence-electron chi connectivity index (χ1n) is 9.40. The molecule has 2 aromatic rings. The van der Waals surface area contributed by atoms with Crippen LogP contribution in [0, 0.1) is 13.8 Å². The number of amides is 1. The summed E-state index contributed by atoms with van der Waals surface area (Å²) in [5.41, 5.74) is 3.25. The van der Waals surface area contributed by atoms with Gasteiger partial charge in [0, 0.05) is 37.6 Å². The zero-order valence-corrected chi connectivity index (χ0v) is 16.3. The molecule has 1 aliphatic rings. The van der Waals surface area contributed by atoms with E-state index in [0.717, 1.165) is 35.5 Å². The average molecular weight is 365 g/mol. The van der Waals surface area contributed by atoms with Gasteiger partial charge in [0.15, 0.2) is 0 Å². The molecule has 0 unspecified atom stereocenters. The Balaban J connectivity index is 1.55. The van der Waals surface area contributed by atoms with Crippen molar-refractivity contribution in [1.29, 1.82) is 0 Å². The van der Waals surface area contributed by atoms with Gasteiger partial charge in [0.1, 0.15) is 17.6 Å². The minimum Gasteiger partial charge on any atom is -0.496 e. The van der Waals surface area contributed by atoms with Crippen LogP contribution in [0.4, 0.5) is 0 Å². The fraction of sp³-hybridized carbons (Fsp3) is 0.348. The second-order valence-electron chi connectivity index (χ2n) is 6.99. The summed E-state index contributed by atoms with van der Waals surface area (Å²) in [5, 5.41) is 0. The number of methoxy groups -OCH3 is 1. The molecule has 0 saturated carbocycles. The van der Waals surface area contributed by atoms with Crippen molar-refractivity contribution in [1.82, 2.24) is 4.90 Å². The lowest BCUT2D eigenvalue weighted by atomic mass is 10.1. The van der Waals surface area contributed by atoms with Crippen molar-refractivity contribution in [2.45, 2.75) is 32.8 Å². The van der Waals surface area contributed by atoms with Crippen LogP contribution in [-0.4, -0.2) is 37.1 Å². The zero-order chi connectivity index (χ0) is 19.2. The van der Waals surface area contributed by atoms with E-state index in [1.807, 2.05) is 35.2 Å². The van der Waals surface area contributed by atoms with Gasteiger partial charge in [-0.05, 0) is 43.2 Å².